The zero-order chi connectivity index (χ0) is 14.1. The van der Waals surface area contributed by atoms with Gasteiger partial charge in [0.15, 0.2) is 0 Å². The van der Waals surface area contributed by atoms with E-state index in [9.17, 15) is 9.59 Å². The normalized spacial score (nSPS) is 22.3. The standard InChI is InChI=1S/C15H19N3O2/c16-12-5-3-11(4-6-12)7-9-17-10-14(19)18-8-1-2-13(18)15(17)20/h3-6,13H,1-2,7-10,16H2. The zero-order valence-corrected chi connectivity index (χ0v) is 11.4. The summed E-state index contributed by atoms with van der Waals surface area (Å²) in [7, 11) is 0. The number of nitrogens with two attached hydrogens (primary N) is 1. The molecule has 1 atom stereocenters. The van der Waals surface area contributed by atoms with E-state index in [0.717, 1.165) is 37.1 Å². The molecular weight excluding hydrogens is 254 g/mol. The van der Waals surface area contributed by atoms with Gasteiger partial charge in [0.05, 0.1) is 6.54 Å². The van der Waals surface area contributed by atoms with E-state index in [2.05, 4.69) is 0 Å². The monoisotopic (exact) mass is 273 g/mol. The number of carbonyl (C=O) groups is 2. The molecule has 1 aromatic carbocycles. The van der Waals surface area contributed by atoms with E-state index < -0.39 is 0 Å². The fourth-order valence-corrected chi connectivity index (χ4v) is 3.00. The SMILES string of the molecule is Nc1ccc(CCN2CC(=O)N3CCCC3C2=O)cc1. The summed E-state index contributed by atoms with van der Waals surface area (Å²) in [4.78, 5) is 27.8. The Balaban J connectivity index is 1.64. The van der Waals surface area contributed by atoms with Crippen LogP contribution in [0.15, 0.2) is 24.3 Å². The number of fused-ring (bicyclic) bond motifs is 1. The maximum absolute atomic E-state index is 12.3. The number of benzene rings is 1. The first-order valence-electron chi connectivity index (χ1n) is 7.08. The Labute approximate surface area is 118 Å². The molecular formula is C15H19N3O2. The number of carbonyl (C=O) groups excluding carboxylic acids is 2. The summed E-state index contributed by atoms with van der Waals surface area (Å²) in [6.45, 7) is 1.56. The molecule has 2 saturated heterocycles. The molecule has 2 aliphatic heterocycles. The summed E-state index contributed by atoms with van der Waals surface area (Å²) < 4.78 is 0. The average Bonchev–Trinajstić information content (AvgIpc) is 2.93. The Bertz CT molecular complexity index is 526. The van der Waals surface area contributed by atoms with Crippen molar-refractivity contribution in [2.45, 2.75) is 25.3 Å². The quantitative estimate of drug-likeness (QED) is 0.822. The maximum Gasteiger partial charge on any atom is 0.245 e. The molecule has 20 heavy (non-hydrogen) atoms. The number of nitrogens with zero attached hydrogens (tertiary/aromatic N) is 2. The molecule has 2 aliphatic rings. The molecule has 0 bridgehead atoms. The minimum atomic E-state index is -0.206. The predicted molar refractivity (Wildman–Crippen MR) is 75.9 cm³/mol. The van der Waals surface area contributed by atoms with Gasteiger partial charge >= 0.3 is 0 Å². The fourth-order valence-electron chi connectivity index (χ4n) is 3.00. The van der Waals surface area contributed by atoms with Crippen LogP contribution in [-0.4, -0.2) is 47.3 Å². The van der Waals surface area contributed by atoms with E-state index in [1.807, 2.05) is 24.3 Å². The van der Waals surface area contributed by atoms with Gasteiger partial charge in [-0.3, -0.25) is 9.59 Å². The summed E-state index contributed by atoms with van der Waals surface area (Å²) in [6.07, 6.45) is 2.50. The number of rotatable bonds is 3. The minimum Gasteiger partial charge on any atom is -0.399 e. The van der Waals surface area contributed by atoms with E-state index in [1.165, 1.54) is 0 Å². The Kier molecular flexibility index (Phi) is 3.34. The van der Waals surface area contributed by atoms with Gasteiger partial charge in [0.2, 0.25) is 11.8 Å². The van der Waals surface area contributed by atoms with Crippen LogP contribution in [0.4, 0.5) is 5.69 Å². The Morgan fingerprint density at radius 2 is 1.95 bits per heavy atom. The topological polar surface area (TPSA) is 66.6 Å². The highest BCUT2D eigenvalue weighted by atomic mass is 16.2. The summed E-state index contributed by atoms with van der Waals surface area (Å²) in [5.74, 6) is 0.196. The van der Waals surface area contributed by atoms with Crippen molar-refractivity contribution in [1.29, 1.82) is 0 Å². The lowest BCUT2D eigenvalue weighted by Gasteiger charge is -2.36. The first-order valence-corrected chi connectivity index (χ1v) is 7.08. The van der Waals surface area contributed by atoms with Crippen molar-refractivity contribution in [3.05, 3.63) is 29.8 Å². The zero-order valence-electron chi connectivity index (χ0n) is 11.4. The van der Waals surface area contributed by atoms with E-state index >= 15 is 0 Å². The second kappa shape index (κ2) is 5.15. The molecule has 2 fully saturated rings. The van der Waals surface area contributed by atoms with Crippen LogP contribution in [0.25, 0.3) is 0 Å². The third-order valence-corrected chi connectivity index (χ3v) is 4.15. The number of amides is 2. The fraction of sp³-hybridized carbons (Fsp3) is 0.467. The van der Waals surface area contributed by atoms with E-state index in [1.54, 1.807) is 9.80 Å². The second-order valence-electron chi connectivity index (χ2n) is 5.50. The first kappa shape index (κ1) is 13.0. The lowest BCUT2D eigenvalue weighted by molar-refractivity contribution is -0.153. The van der Waals surface area contributed by atoms with Crippen LogP contribution in [0.1, 0.15) is 18.4 Å². The van der Waals surface area contributed by atoms with Gasteiger partial charge in [0.1, 0.15) is 6.04 Å². The van der Waals surface area contributed by atoms with Gasteiger partial charge in [-0.15, -0.1) is 0 Å². The highest BCUT2D eigenvalue weighted by Crippen LogP contribution is 2.23. The molecule has 2 N–H and O–H groups in total. The number of hydrogen-bond donors (Lipinski definition) is 1. The van der Waals surface area contributed by atoms with Crippen LogP contribution in [-0.2, 0) is 16.0 Å². The van der Waals surface area contributed by atoms with Gasteiger partial charge in [0, 0.05) is 18.8 Å². The van der Waals surface area contributed by atoms with Gasteiger partial charge in [-0.1, -0.05) is 12.1 Å². The van der Waals surface area contributed by atoms with Gasteiger partial charge in [-0.2, -0.15) is 0 Å². The number of anilines is 1. The van der Waals surface area contributed by atoms with Gasteiger partial charge < -0.3 is 15.5 Å². The van der Waals surface area contributed by atoms with Gasteiger partial charge in [-0.05, 0) is 37.0 Å². The Hall–Kier alpha value is -2.04. The molecule has 2 amide bonds. The van der Waals surface area contributed by atoms with Crippen LogP contribution in [0.5, 0.6) is 0 Å². The molecule has 0 aromatic heterocycles. The van der Waals surface area contributed by atoms with Crippen molar-refractivity contribution in [1.82, 2.24) is 9.80 Å². The van der Waals surface area contributed by atoms with E-state index in [-0.39, 0.29) is 24.4 Å². The van der Waals surface area contributed by atoms with Gasteiger partial charge in [0.25, 0.3) is 0 Å². The molecule has 0 spiro atoms. The van der Waals surface area contributed by atoms with Crippen molar-refractivity contribution in [3.8, 4) is 0 Å². The highest BCUT2D eigenvalue weighted by Gasteiger charge is 2.41. The van der Waals surface area contributed by atoms with Crippen LogP contribution >= 0.6 is 0 Å². The summed E-state index contributed by atoms with van der Waals surface area (Å²) in [5, 5.41) is 0. The molecule has 0 radical (unpaired) electrons. The summed E-state index contributed by atoms with van der Waals surface area (Å²) in [5.41, 5.74) is 7.52. The van der Waals surface area contributed by atoms with Crippen LogP contribution < -0.4 is 5.73 Å². The van der Waals surface area contributed by atoms with Crippen molar-refractivity contribution in [3.63, 3.8) is 0 Å². The Morgan fingerprint density at radius 1 is 1.20 bits per heavy atom. The van der Waals surface area contributed by atoms with Crippen molar-refractivity contribution in [2.24, 2.45) is 0 Å². The molecule has 1 aromatic rings. The number of piperazine rings is 1. The van der Waals surface area contributed by atoms with Crippen molar-refractivity contribution in [2.75, 3.05) is 25.4 Å². The van der Waals surface area contributed by atoms with E-state index in [0.29, 0.717) is 6.54 Å². The van der Waals surface area contributed by atoms with Crippen molar-refractivity contribution < 1.29 is 9.59 Å². The van der Waals surface area contributed by atoms with Crippen molar-refractivity contribution >= 4 is 17.5 Å². The molecule has 106 valence electrons. The molecule has 1 unspecified atom stereocenters. The lowest BCUT2D eigenvalue weighted by atomic mass is 10.1. The predicted octanol–water partition coefficient (Wildman–Crippen LogP) is 0.644. The average molecular weight is 273 g/mol. The highest BCUT2D eigenvalue weighted by molar-refractivity contribution is 5.95. The lowest BCUT2D eigenvalue weighted by Crippen LogP contribution is -2.57. The molecule has 0 aliphatic carbocycles. The molecule has 0 saturated carbocycles. The van der Waals surface area contributed by atoms with Crippen LogP contribution in [0.3, 0.4) is 0 Å². The largest absolute Gasteiger partial charge is 0.399 e. The summed E-state index contributed by atoms with van der Waals surface area (Å²) >= 11 is 0. The van der Waals surface area contributed by atoms with Crippen LogP contribution in [0.2, 0.25) is 0 Å². The molecule has 5 nitrogen and oxygen atoms in total. The minimum absolute atomic E-state index is 0.0874. The first-order chi connectivity index (χ1) is 9.65. The Morgan fingerprint density at radius 3 is 2.70 bits per heavy atom. The third-order valence-electron chi connectivity index (χ3n) is 4.15. The third kappa shape index (κ3) is 2.35. The van der Waals surface area contributed by atoms with Gasteiger partial charge in [-0.25, -0.2) is 0 Å². The molecule has 5 heteroatoms. The number of nitrogen functional groups attached to an aromatic ring is 1. The maximum atomic E-state index is 12.3. The summed E-state index contributed by atoms with van der Waals surface area (Å²) in [6, 6.07) is 7.44. The second-order valence-corrected chi connectivity index (χ2v) is 5.50. The molecule has 3 rings (SSSR count). The number of hydrogen-bond acceptors (Lipinski definition) is 3. The van der Waals surface area contributed by atoms with Crippen LogP contribution in [0, 0.1) is 0 Å². The molecule has 2 heterocycles. The smallest absolute Gasteiger partial charge is 0.245 e. The van der Waals surface area contributed by atoms with E-state index in [4.69, 9.17) is 5.73 Å².